The van der Waals surface area contributed by atoms with Gasteiger partial charge in [-0.25, -0.2) is 0 Å². The van der Waals surface area contributed by atoms with E-state index in [4.69, 9.17) is 28.9 Å². The monoisotopic (exact) mass is 243 g/mol. The Kier molecular flexibility index (Phi) is 3.24. The van der Waals surface area contributed by atoms with Crippen molar-refractivity contribution in [2.45, 2.75) is 37.6 Å². The topological polar surface area (TPSA) is 26.0 Å². The lowest BCUT2D eigenvalue weighted by Crippen LogP contribution is -2.38. The first-order chi connectivity index (χ1) is 7.11. The Bertz CT molecular complexity index is 336. The molecule has 0 aromatic heterocycles. The second-order valence-corrected chi connectivity index (χ2v) is 5.26. The SMILES string of the molecule is NC1(Cc2c(Cl)cccc2Cl)CCCC1. The molecule has 1 fully saturated rings. The molecule has 0 heterocycles. The van der Waals surface area contributed by atoms with Crippen LogP contribution >= 0.6 is 23.2 Å². The molecule has 0 spiro atoms. The molecule has 0 saturated heterocycles. The molecule has 1 aromatic carbocycles. The van der Waals surface area contributed by atoms with Crippen molar-refractivity contribution in [1.82, 2.24) is 0 Å². The molecular formula is C12H15Cl2N. The number of nitrogens with two attached hydrogens (primary N) is 1. The zero-order valence-electron chi connectivity index (χ0n) is 8.60. The van der Waals surface area contributed by atoms with E-state index in [0.29, 0.717) is 0 Å². The molecule has 0 unspecified atom stereocenters. The minimum atomic E-state index is -0.0887. The molecular weight excluding hydrogens is 229 g/mol. The van der Waals surface area contributed by atoms with Gasteiger partial charge in [-0.3, -0.25) is 0 Å². The quantitative estimate of drug-likeness (QED) is 0.841. The van der Waals surface area contributed by atoms with Crippen molar-refractivity contribution < 1.29 is 0 Å². The highest BCUT2D eigenvalue weighted by molar-refractivity contribution is 6.36. The first-order valence-corrected chi connectivity index (χ1v) is 6.08. The van der Waals surface area contributed by atoms with Crippen LogP contribution in [0.3, 0.4) is 0 Å². The van der Waals surface area contributed by atoms with Crippen LogP contribution in [0.5, 0.6) is 0 Å². The zero-order chi connectivity index (χ0) is 10.9. The Morgan fingerprint density at radius 1 is 1.13 bits per heavy atom. The van der Waals surface area contributed by atoms with Crippen molar-refractivity contribution in [3.63, 3.8) is 0 Å². The summed E-state index contributed by atoms with van der Waals surface area (Å²) in [6, 6.07) is 5.62. The fraction of sp³-hybridized carbons (Fsp3) is 0.500. The number of benzene rings is 1. The molecule has 15 heavy (non-hydrogen) atoms. The highest BCUT2D eigenvalue weighted by atomic mass is 35.5. The molecule has 1 saturated carbocycles. The molecule has 1 aliphatic carbocycles. The summed E-state index contributed by atoms with van der Waals surface area (Å²) in [6.07, 6.45) is 5.39. The van der Waals surface area contributed by atoms with Crippen LogP contribution in [0.1, 0.15) is 31.2 Å². The summed E-state index contributed by atoms with van der Waals surface area (Å²) >= 11 is 12.3. The van der Waals surface area contributed by atoms with Crippen LogP contribution in [0.15, 0.2) is 18.2 Å². The van der Waals surface area contributed by atoms with E-state index in [9.17, 15) is 0 Å². The first-order valence-electron chi connectivity index (χ1n) is 5.32. The van der Waals surface area contributed by atoms with Crippen molar-refractivity contribution in [3.05, 3.63) is 33.8 Å². The molecule has 3 heteroatoms. The van der Waals surface area contributed by atoms with Crippen LogP contribution in [0.25, 0.3) is 0 Å². The zero-order valence-corrected chi connectivity index (χ0v) is 10.1. The third-order valence-corrected chi connectivity index (χ3v) is 3.90. The predicted molar refractivity (Wildman–Crippen MR) is 65.6 cm³/mol. The van der Waals surface area contributed by atoms with Crippen molar-refractivity contribution in [3.8, 4) is 0 Å². The van der Waals surface area contributed by atoms with Gasteiger partial charge in [0.05, 0.1) is 0 Å². The summed E-state index contributed by atoms with van der Waals surface area (Å²) in [4.78, 5) is 0. The molecule has 0 aliphatic heterocycles. The second kappa shape index (κ2) is 4.32. The van der Waals surface area contributed by atoms with Gasteiger partial charge in [-0.05, 0) is 37.0 Å². The minimum Gasteiger partial charge on any atom is -0.325 e. The van der Waals surface area contributed by atoms with Gasteiger partial charge in [-0.15, -0.1) is 0 Å². The third-order valence-electron chi connectivity index (χ3n) is 3.19. The Morgan fingerprint density at radius 2 is 1.67 bits per heavy atom. The molecule has 2 rings (SSSR count). The number of halogens is 2. The van der Waals surface area contributed by atoms with Gasteiger partial charge in [0.2, 0.25) is 0 Å². The highest BCUT2D eigenvalue weighted by Crippen LogP contribution is 2.34. The Labute approximate surface area is 101 Å². The largest absolute Gasteiger partial charge is 0.325 e. The Balaban J connectivity index is 2.23. The molecule has 0 bridgehead atoms. The second-order valence-electron chi connectivity index (χ2n) is 4.45. The lowest BCUT2D eigenvalue weighted by molar-refractivity contribution is 0.436. The average Bonchev–Trinajstić information content (AvgIpc) is 2.60. The van der Waals surface area contributed by atoms with Gasteiger partial charge in [-0.1, -0.05) is 42.1 Å². The van der Waals surface area contributed by atoms with Crippen LogP contribution in [0.2, 0.25) is 10.0 Å². The van der Waals surface area contributed by atoms with Gasteiger partial charge >= 0.3 is 0 Å². The highest BCUT2D eigenvalue weighted by Gasteiger charge is 2.30. The van der Waals surface area contributed by atoms with Crippen LogP contribution in [0, 0.1) is 0 Å². The average molecular weight is 244 g/mol. The van der Waals surface area contributed by atoms with Gasteiger partial charge in [-0.2, -0.15) is 0 Å². The van der Waals surface area contributed by atoms with E-state index in [2.05, 4.69) is 0 Å². The lowest BCUT2D eigenvalue weighted by Gasteiger charge is -2.24. The summed E-state index contributed by atoms with van der Waals surface area (Å²) in [5.41, 5.74) is 7.23. The fourth-order valence-corrected chi connectivity index (χ4v) is 2.84. The summed E-state index contributed by atoms with van der Waals surface area (Å²) in [5.74, 6) is 0. The van der Waals surface area contributed by atoms with Crippen molar-refractivity contribution >= 4 is 23.2 Å². The third kappa shape index (κ3) is 2.47. The van der Waals surface area contributed by atoms with Crippen LogP contribution < -0.4 is 5.73 Å². The molecule has 0 atom stereocenters. The van der Waals surface area contributed by atoms with Gasteiger partial charge in [0, 0.05) is 15.6 Å². The van der Waals surface area contributed by atoms with Crippen LogP contribution in [-0.4, -0.2) is 5.54 Å². The summed E-state index contributed by atoms with van der Waals surface area (Å²) < 4.78 is 0. The van der Waals surface area contributed by atoms with E-state index in [1.807, 2.05) is 18.2 Å². The number of rotatable bonds is 2. The predicted octanol–water partition coefficient (Wildman–Crippen LogP) is 3.81. The van der Waals surface area contributed by atoms with Crippen molar-refractivity contribution in [1.29, 1.82) is 0 Å². The maximum absolute atomic E-state index is 6.31. The summed E-state index contributed by atoms with van der Waals surface area (Å²) in [7, 11) is 0. The van der Waals surface area contributed by atoms with E-state index >= 15 is 0 Å². The van der Waals surface area contributed by atoms with E-state index in [0.717, 1.165) is 34.9 Å². The van der Waals surface area contributed by atoms with Crippen molar-refractivity contribution in [2.75, 3.05) is 0 Å². The van der Waals surface area contributed by atoms with Gasteiger partial charge in [0.15, 0.2) is 0 Å². The normalized spacial score (nSPS) is 19.4. The minimum absolute atomic E-state index is 0.0887. The van der Waals surface area contributed by atoms with Gasteiger partial charge in [0.25, 0.3) is 0 Å². The van der Waals surface area contributed by atoms with E-state index < -0.39 is 0 Å². The molecule has 2 N–H and O–H groups in total. The Hall–Kier alpha value is -0.240. The molecule has 82 valence electrons. The fourth-order valence-electron chi connectivity index (χ4n) is 2.31. The maximum atomic E-state index is 6.31. The first kappa shape index (κ1) is 11.3. The standard InChI is InChI=1S/C12H15Cl2N/c13-10-4-3-5-11(14)9(10)8-12(15)6-1-2-7-12/h3-5H,1-2,6-8,15H2. The maximum Gasteiger partial charge on any atom is 0.0453 e. The molecule has 0 amide bonds. The van der Waals surface area contributed by atoms with E-state index in [1.165, 1.54) is 12.8 Å². The molecule has 1 aromatic rings. The summed E-state index contributed by atoms with van der Waals surface area (Å²) in [6.45, 7) is 0. The van der Waals surface area contributed by atoms with Crippen LogP contribution in [-0.2, 0) is 6.42 Å². The number of hydrogen-bond acceptors (Lipinski definition) is 1. The molecule has 1 aliphatic rings. The Morgan fingerprint density at radius 3 is 2.20 bits per heavy atom. The van der Waals surface area contributed by atoms with E-state index in [-0.39, 0.29) is 5.54 Å². The lowest BCUT2D eigenvalue weighted by atomic mass is 9.90. The smallest absolute Gasteiger partial charge is 0.0453 e. The van der Waals surface area contributed by atoms with Crippen molar-refractivity contribution in [2.24, 2.45) is 5.73 Å². The van der Waals surface area contributed by atoms with Gasteiger partial charge in [0.1, 0.15) is 0 Å². The molecule has 1 nitrogen and oxygen atoms in total. The van der Waals surface area contributed by atoms with E-state index in [1.54, 1.807) is 0 Å². The summed E-state index contributed by atoms with van der Waals surface area (Å²) in [5, 5.41) is 1.47. The van der Waals surface area contributed by atoms with Crippen LogP contribution in [0.4, 0.5) is 0 Å². The molecule has 0 radical (unpaired) electrons. The number of hydrogen-bond donors (Lipinski definition) is 1. The van der Waals surface area contributed by atoms with Gasteiger partial charge < -0.3 is 5.73 Å².